The normalized spacial score (nSPS) is 10.5. The lowest BCUT2D eigenvalue weighted by Crippen LogP contribution is -2.14. The van der Waals surface area contributed by atoms with Crippen molar-refractivity contribution in [3.8, 4) is 5.75 Å². The predicted octanol–water partition coefficient (Wildman–Crippen LogP) is 3.94. The average Bonchev–Trinajstić information content (AvgIpc) is 2.54. The van der Waals surface area contributed by atoms with Crippen molar-refractivity contribution in [3.05, 3.63) is 59.9 Å². The van der Waals surface area contributed by atoms with Gasteiger partial charge in [0.15, 0.2) is 0 Å². The third-order valence-corrected chi connectivity index (χ3v) is 3.35. The van der Waals surface area contributed by atoms with Gasteiger partial charge in [0, 0.05) is 31.0 Å². The first-order chi connectivity index (χ1) is 10.4. The summed E-state index contributed by atoms with van der Waals surface area (Å²) in [5.41, 5.74) is 2.40. The van der Waals surface area contributed by atoms with Gasteiger partial charge in [0.2, 0.25) is 0 Å². The van der Waals surface area contributed by atoms with Crippen LogP contribution in [0.4, 0.5) is 0 Å². The molecular formula is C18H24N2O. The van der Waals surface area contributed by atoms with Gasteiger partial charge in [-0.15, -0.1) is 0 Å². The molecule has 0 fully saturated rings. The van der Waals surface area contributed by atoms with E-state index in [0.29, 0.717) is 0 Å². The quantitative estimate of drug-likeness (QED) is 0.708. The molecular weight excluding hydrogens is 260 g/mol. The van der Waals surface area contributed by atoms with Gasteiger partial charge in [-0.2, -0.15) is 0 Å². The Morgan fingerprint density at radius 2 is 1.95 bits per heavy atom. The highest BCUT2D eigenvalue weighted by Gasteiger charge is 2.02. The third kappa shape index (κ3) is 5.56. The molecule has 0 atom stereocenters. The molecule has 0 saturated heterocycles. The molecule has 0 aliphatic heterocycles. The maximum Gasteiger partial charge on any atom is 0.123 e. The average molecular weight is 284 g/mol. The number of hydrogen-bond acceptors (Lipinski definition) is 3. The molecule has 0 aliphatic carbocycles. The molecule has 0 unspecified atom stereocenters. The van der Waals surface area contributed by atoms with Crippen LogP contribution in [0.25, 0.3) is 0 Å². The number of para-hydroxylation sites is 1. The summed E-state index contributed by atoms with van der Waals surface area (Å²) in [6.07, 6.45) is 7.25. The Morgan fingerprint density at radius 3 is 2.76 bits per heavy atom. The van der Waals surface area contributed by atoms with Crippen LogP contribution in [0.5, 0.6) is 5.75 Å². The van der Waals surface area contributed by atoms with Crippen LogP contribution in [0.15, 0.2) is 48.8 Å². The summed E-state index contributed by atoms with van der Waals surface area (Å²) < 4.78 is 5.89. The molecule has 1 N–H and O–H groups in total. The largest absolute Gasteiger partial charge is 0.493 e. The maximum absolute atomic E-state index is 5.89. The molecule has 0 spiro atoms. The first-order valence-electron chi connectivity index (χ1n) is 7.70. The number of rotatable bonds is 9. The fourth-order valence-corrected chi connectivity index (χ4v) is 2.17. The standard InChI is InChI=1S/C18H24N2O/c1-2-3-6-12-21-18-10-5-4-9-17(18)15-20-14-16-8-7-11-19-13-16/h4-5,7-11,13,20H,2-3,6,12,14-15H2,1H3. The van der Waals surface area contributed by atoms with Gasteiger partial charge in [-0.25, -0.2) is 0 Å². The Bertz CT molecular complexity index is 514. The minimum absolute atomic E-state index is 0.799. The van der Waals surface area contributed by atoms with E-state index >= 15 is 0 Å². The molecule has 0 amide bonds. The van der Waals surface area contributed by atoms with E-state index in [0.717, 1.165) is 31.9 Å². The van der Waals surface area contributed by atoms with Crippen LogP contribution in [0.3, 0.4) is 0 Å². The number of pyridine rings is 1. The van der Waals surface area contributed by atoms with Crippen LogP contribution >= 0.6 is 0 Å². The fourth-order valence-electron chi connectivity index (χ4n) is 2.17. The van der Waals surface area contributed by atoms with Crippen molar-refractivity contribution >= 4 is 0 Å². The highest BCUT2D eigenvalue weighted by Crippen LogP contribution is 2.18. The molecule has 3 heteroatoms. The number of nitrogens with zero attached hydrogens (tertiary/aromatic N) is 1. The Labute approximate surface area is 127 Å². The molecule has 0 bridgehead atoms. The first-order valence-corrected chi connectivity index (χ1v) is 7.70. The Morgan fingerprint density at radius 1 is 1.05 bits per heavy atom. The molecule has 21 heavy (non-hydrogen) atoms. The van der Waals surface area contributed by atoms with Gasteiger partial charge >= 0.3 is 0 Å². The fraction of sp³-hybridized carbons (Fsp3) is 0.389. The molecule has 2 rings (SSSR count). The highest BCUT2D eigenvalue weighted by molar-refractivity contribution is 5.33. The van der Waals surface area contributed by atoms with Crippen molar-refractivity contribution in [2.45, 2.75) is 39.3 Å². The second-order valence-electron chi connectivity index (χ2n) is 5.13. The van der Waals surface area contributed by atoms with Crippen LogP contribution in [0.1, 0.15) is 37.3 Å². The van der Waals surface area contributed by atoms with E-state index in [2.05, 4.69) is 35.4 Å². The molecule has 3 nitrogen and oxygen atoms in total. The summed E-state index contributed by atoms with van der Waals surface area (Å²) in [6, 6.07) is 12.3. The van der Waals surface area contributed by atoms with E-state index in [1.807, 2.05) is 24.4 Å². The van der Waals surface area contributed by atoms with Gasteiger partial charge < -0.3 is 10.1 Å². The van der Waals surface area contributed by atoms with Crippen LogP contribution in [0, 0.1) is 0 Å². The topological polar surface area (TPSA) is 34.1 Å². The van der Waals surface area contributed by atoms with Crippen LogP contribution in [-0.2, 0) is 13.1 Å². The number of benzene rings is 1. The van der Waals surface area contributed by atoms with E-state index in [1.54, 1.807) is 6.20 Å². The van der Waals surface area contributed by atoms with Gasteiger partial charge in [-0.05, 0) is 24.1 Å². The molecule has 2 aromatic rings. The summed E-state index contributed by atoms with van der Waals surface area (Å²) in [5, 5.41) is 3.44. The lowest BCUT2D eigenvalue weighted by Gasteiger charge is -2.12. The molecule has 0 aliphatic rings. The Kier molecular flexibility index (Phi) is 6.75. The zero-order valence-electron chi connectivity index (χ0n) is 12.7. The molecule has 0 saturated carbocycles. The van der Waals surface area contributed by atoms with Gasteiger partial charge in [0.1, 0.15) is 5.75 Å². The zero-order chi connectivity index (χ0) is 14.8. The van der Waals surface area contributed by atoms with Gasteiger partial charge in [0.25, 0.3) is 0 Å². The minimum atomic E-state index is 0.799. The van der Waals surface area contributed by atoms with E-state index in [-0.39, 0.29) is 0 Å². The Hall–Kier alpha value is -1.87. The van der Waals surface area contributed by atoms with Gasteiger partial charge in [-0.1, -0.05) is 44.0 Å². The predicted molar refractivity (Wildman–Crippen MR) is 86.2 cm³/mol. The van der Waals surface area contributed by atoms with Crippen LogP contribution in [-0.4, -0.2) is 11.6 Å². The highest BCUT2D eigenvalue weighted by atomic mass is 16.5. The second kappa shape index (κ2) is 9.14. The van der Waals surface area contributed by atoms with Crippen molar-refractivity contribution < 1.29 is 4.74 Å². The smallest absolute Gasteiger partial charge is 0.123 e. The lowest BCUT2D eigenvalue weighted by atomic mass is 10.2. The van der Waals surface area contributed by atoms with E-state index in [1.165, 1.54) is 24.0 Å². The van der Waals surface area contributed by atoms with Crippen molar-refractivity contribution in [2.24, 2.45) is 0 Å². The second-order valence-corrected chi connectivity index (χ2v) is 5.13. The summed E-state index contributed by atoms with van der Waals surface area (Å²) in [5.74, 6) is 0.993. The number of ether oxygens (including phenoxy) is 1. The molecule has 1 aromatic heterocycles. The lowest BCUT2D eigenvalue weighted by molar-refractivity contribution is 0.302. The van der Waals surface area contributed by atoms with E-state index < -0.39 is 0 Å². The third-order valence-electron chi connectivity index (χ3n) is 3.35. The van der Waals surface area contributed by atoms with E-state index in [9.17, 15) is 0 Å². The summed E-state index contributed by atoms with van der Waals surface area (Å²) >= 11 is 0. The number of aromatic nitrogens is 1. The van der Waals surface area contributed by atoms with Crippen LogP contribution < -0.4 is 10.1 Å². The summed E-state index contributed by atoms with van der Waals surface area (Å²) in [4.78, 5) is 4.12. The van der Waals surface area contributed by atoms with Crippen molar-refractivity contribution in [1.29, 1.82) is 0 Å². The summed E-state index contributed by atoms with van der Waals surface area (Å²) in [7, 11) is 0. The molecule has 0 radical (unpaired) electrons. The van der Waals surface area contributed by atoms with Gasteiger partial charge in [0.05, 0.1) is 6.61 Å². The monoisotopic (exact) mass is 284 g/mol. The van der Waals surface area contributed by atoms with Crippen molar-refractivity contribution in [3.63, 3.8) is 0 Å². The van der Waals surface area contributed by atoms with E-state index in [4.69, 9.17) is 4.74 Å². The van der Waals surface area contributed by atoms with Crippen molar-refractivity contribution in [2.75, 3.05) is 6.61 Å². The first kappa shape index (κ1) is 15.5. The Balaban J connectivity index is 1.82. The number of unbranched alkanes of at least 4 members (excludes halogenated alkanes) is 2. The number of nitrogens with one attached hydrogen (secondary N) is 1. The van der Waals surface area contributed by atoms with Gasteiger partial charge in [-0.3, -0.25) is 4.98 Å². The maximum atomic E-state index is 5.89. The van der Waals surface area contributed by atoms with Crippen molar-refractivity contribution in [1.82, 2.24) is 10.3 Å². The molecule has 1 heterocycles. The minimum Gasteiger partial charge on any atom is -0.493 e. The summed E-state index contributed by atoms with van der Waals surface area (Å²) in [6.45, 7) is 4.63. The zero-order valence-corrected chi connectivity index (χ0v) is 12.7. The SMILES string of the molecule is CCCCCOc1ccccc1CNCc1cccnc1. The van der Waals surface area contributed by atoms with Crippen LogP contribution in [0.2, 0.25) is 0 Å². The molecule has 112 valence electrons. The molecule has 1 aromatic carbocycles. The number of hydrogen-bond donors (Lipinski definition) is 1.